The third kappa shape index (κ3) is 2.96. The number of hydrogen-bond acceptors (Lipinski definition) is 5. The van der Waals surface area contributed by atoms with Crippen molar-refractivity contribution < 1.29 is 14.7 Å². The summed E-state index contributed by atoms with van der Waals surface area (Å²) in [6.07, 6.45) is 1.49. The fourth-order valence-electron chi connectivity index (χ4n) is 1.38. The van der Waals surface area contributed by atoms with E-state index in [4.69, 9.17) is 5.11 Å². The Morgan fingerprint density at radius 1 is 1.42 bits per heavy atom. The van der Waals surface area contributed by atoms with Gasteiger partial charge in [-0.1, -0.05) is 0 Å². The molecule has 19 heavy (non-hydrogen) atoms. The molecule has 2 N–H and O–H groups in total. The number of anilines is 1. The van der Waals surface area contributed by atoms with Gasteiger partial charge in [0.25, 0.3) is 5.91 Å². The monoisotopic (exact) mass is 341 g/mol. The van der Waals surface area contributed by atoms with E-state index in [1.54, 1.807) is 13.0 Å². The van der Waals surface area contributed by atoms with E-state index in [0.29, 0.717) is 5.69 Å². The van der Waals surface area contributed by atoms with Crippen LogP contribution in [0.5, 0.6) is 0 Å². The van der Waals surface area contributed by atoms with Crippen LogP contribution in [0.15, 0.2) is 22.8 Å². The molecule has 0 saturated carbocycles. The summed E-state index contributed by atoms with van der Waals surface area (Å²) in [5.74, 6) is -1.59. The average molecular weight is 342 g/mol. The highest BCUT2D eigenvalue weighted by Gasteiger charge is 2.20. The third-order valence-corrected chi connectivity index (χ3v) is 3.59. The summed E-state index contributed by atoms with van der Waals surface area (Å²) in [5.41, 5.74) is 0.581. The van der Waals surface area contributed by atoms with Crippen LogP contribution in [0.2, 0.25) is 0 Å². The van der Waals surface area contributed by atoms with Gasteiger partial charge in [-0.25, -0.2) is 9.78 Å². The molecule has 0 spiro atoms. The molecule has 6 nitrogen and oxygen atoms in total. The number of carboxylic acid groups (broad SMARTS) is 1. The van der Waals surface area contributed by atoms with Crippen molar-refractivity contribution in [3.8, 4) is 0 Å². The fourth-order valence-corrected chi connectivity index (χ4v) is 2.40. The van der Waals surface area contributed by atoms with Crippen molar-refractivity contribution in [3.05, 3.63) is 39.8 Å². The third-order valence-electron chi connectivity index (χ3n) is 2.26. The van der Waals surface area contributed by atoms with Gasteiger partial charge in [-0.15, -0.1) is 0 Å². The van der Waals surface area contributed by atoms with Crippen LogP contribution in [0.1, 0.15) is 26.5 Å². The highest BCUT2D eigenvalue weighted by molar-refractivity contribution is 9.10. The maximum atomic E-state index is 11.9. The number of halogens is 1. The Labute approximate surface area is 120 Å². The number of amides is 1. The van der Waals surface area contributed by atoms with Gasteiger partial charge in [-0.2, -0.15) is 4.37 Å². The second kappa shape index (κ2) is 5.45. The van der Waals surface area contributed by atoms with Crippen LogP contribution in [-0.4, -0.2) is 26.3 Å². The molecule has 0 aliphatic rings. The predicted molar refractivity (Wildman–Crippen MR) is 73.7 cm³/mol. The SMILES string of the molecule is Cc1nsc(NC(=O)c2ccc(Br)cn2)c1C(=O)O. The number of rotatable bonds is 3. The molecule has 0 bridgehead atoms. The van der Waals surface area contributed by atoms with Crippen LogP contribution < -0.4 is 5.32 Å². The number of carbonyl (C=O) groups is 2. The fraction of sp³-hybridized carbons (Fsp3) is 0.0909. The molecule has 0 atom stereocenters. The van der Waals surface area contributed by atoms with Crippen molar-refractivity contribution in [2.75, 3.05) is 5.32 Å². The number of aromatic carboxylic acids is 1. The normalized spacial score (nSPS) is 10.2. The zero-order valence-corrected chi connectivity index (χ0v) is 12.1. The number of aryl methyl sites for hydroxylation is 1. The molecular weight excluding hydrogens is 334 g/mol. The molecule has 8 heteroatoms. The van der Waals surface area contributed by atoms with E-state index in [1.165, 1.54) is 12.3 Å². The highest BCUT2D eigenvalue weighted by Crippen LogP contribution is 2.24. The van der Waals surface area contributed by atoms with Crippen LogP contribution in [0.25, 0.3) is 0 Å². The van der Waals surface area contributed by atoms with E-state index < -0.39 is 11.9 Å². The van der Waals surface area contributed by atoms with Crippen molar-refractivity contribution in [3.63, 3.8) is 0 Å². The molecule has 0 fully saturated rings. The quantitative estimate of drug-likeness (QED) is 0.894. The molecule has 98 valence electrons. The molecule has 0 saturated heterocycles. The molecule has 1 amide bonds. The summed E-state index contributed by atoms with van der Waals surface area (Å²) in [6.45, 7) is 1.58. The number of hydrogen-bond donors (Lipinski definition) is 2. The van der Waals surface area contributed by atoms with Gasteiger partial charge in [-0.05, 0) is 46.5 Å². The second-order valence-electron chi connectivity index (χ2n) is 3.59. The predicted octanol–water partition coefficient (Wildman–Crippen LogP) is 2.56. The van der Waals surface area contributed by atoms with Gasteiger partial charge in [0.1, 0.15) is 16.3 Å². The van der Waals surface area contributed by atoms with Crippen LogP contribution >= 0.6 is 27.5 Å². The van der Waals surface area contributed by atoms with Crippen LogP contribution in [0.3, 0.4) is 0 Å². The first kappa shape index (κ1) is 13.6. The Bertz CT molecular complexity index is 639. The summed E-state index contributed by atoms with van der Waals surface area (Å²) >= 11 is 4.15. The molecule has 0 aliphatic heterocycles. The van der Waals surface area contributed by atoms with E-state index in [0.717, 1.165) is 16.0 Å². The van der Waals surface area contributed by atoms with Crippen molar-refractivity contribution in [2.24, 2.45) is 0 Å². The van der Waals surface area contributed by atoms with E-state index in [2.05, 4.69) is 30.6 Å². The van der Waals surface area contributed by atoms with Gasteiger partial charge < -0.3 is 10.4 Å². The van der Waals surface area contributed by atoms with Gasteiger partial charge >= 0.3 is 5.97 Å². The lowest BCUT2D eigenvalue weighted by atomic mass is 10.2. The van der Waals surface area contributed by atoms with E-state index in [-0.39, 0.29) is 16.3 Å². The first-order chi connectivity index (χ1) is 8.99. The minimum atomic E-state index is -1.12. The van der Waals surface area contributed by atoms with Crippen molar-refractivity contribution in [2.45, 2.75) is 6.92 Å². The molecule has 0 aliphatic carbocycles. The van der Waals surface area contributed by atoms with Crippen LogP contribution in [0, 0.1) is 6.92 Å². The largest absolute Gasteiger partial charge is 0.478 e. The first-order valence-corrected chi connectivity index (χ1v) is 6.68. The summed E-state index contributed by atoms with van der Waals surface area (Å²) in [6, 6.07) is 3.21. The second-order valence-corrected chi connectivity index (χ2v) is 5.28. The average Bonchev–Trinajstić information content (AvgIpc) is 2.71. The van der Waals surface area contributed by atoms with E-state index in [9.17, 15) is 9.59 Å². The van der Waals surface area contributed by atoms with Crippen molar-refractivity contribution in [1.82, 2.24) is 9.36 Å². The maximum Gasteiger partial charge on any atom is 0.340 e. The number of pyridine rings is 1. The molecule has 0 radical (unpaired) electrons. The topological polar surface area (TPSA) is 92.2 Å². The lowest BCUT2D eigenvalue weighted by Crippen LogP contribution is -2.14. The van der Waals surface area contributed by atoms with Crippen molar-refractivity contribution >= 4 is 44.3 Å². The molecule has 0 unspecified atom stereocenters. The lowest BCUT2D eigenvalue weighted by Gasteiger charge is -2.03. The number of nitrogens with zero attached hydrogens (tertiary/aromatic N) is 2. The Hall–Kier alpha value is -1.80. The minimum Gasteiger partial charge on any atom is -0.478 e. The van der Waals surface area contributed by atoms with Gasteiger partial charge in [0.15, 0.2) is 0 Å². The van der Waals surface area contributed by atoms with Crippen LogP contribution in [0.4, 0.5) is 5.00 Å². The molecule has 2 heterocycles. The minimum absolute atomic E-state index is 0.00969. The number of nitrogens with one attached hydrogen (secondary N) is 1. The Morgan fingerprint density at radius 2 is 2.16 bits per heavy atom. The highest BCUT2D eigenvalue weighted by atomic mass is 79.9. The number of aromatic nitrogens is 2. The first-order valence-electron chi connectivity index (χ1n) is 5.11. The van der Waals surface area contributed by atoms with Gasteiger partial charge in [-0.3, -0.25) is 4.79 Å². The Morgan fingerprint density at radius 3 is 2.74 bits per heavy atom. The van der Waals surface area contributed by atoms with Crippen molar-refractivity contribution in [1.29, 1.82) is 0 Å². The van der Waals surface area contributed by atoms with E-state index >= 15 is 0 Å². The molecule has 2 aromatic heterocycles. The standard InChI is InChI=1S/C11H8BrN3O3S/c1-5-8(11(17)18)10(19-15-5)14-9(16)7-3-2-6(12)4-13-7/h2-4H,1H3,(H,14,16)(H,17,18). The summed E-state index contributed by atoms with van der Waals surface area (Å²) in [7, 11) is 0. The Balaban J connectivity index is 2.24. The number of carboxylic acids is 1. The summed E-state index contributed by atoms with van der Waals surface area (Å²) in [5, 5.41) is 11.8. The zero-order valence-electron chi connectivity index (χ0n) is 9.68. The molecule has 2 rings (SSSR count). The lowest BCUT2D eigenvalue weighted by molar-refractivity contribution is 0.0697. The van der Waals surface area contributed by atoms with E-state index in [1.807, 2.05) is 0 Å². The molecular formula is C11H8BrN3O3S. The summed E-state index contributed by atoms with van der Waals surface area (Å²) in [4.78, 5) is 26.9. The van der Waals surface area contributed by atoms with Gasteiger partial charge in [0.2, 0.25) is 0 Å². The molecule has 2 aromatic rings. The van der Waals surface area contributed by atoms with Gasteiger partial charge in [0, 0.05) is 10.7 Å². The van der Waals surface area contributed by atoms with Gasteiger partial charge in [0.05, 0.1) is 5.69 Å². The maximum absolute atomic E-state index is 11.9. The summed E-state index contributed by atoms with van der Waals surface area (Å²) < 4.78 is 4.67. The van der Waals surface area contributed by atoms with Crippen LogP contribution in [-0.2, 0) is 0 Å². The molecule has 0 aromatic carbocycles. The zero-order chi connectivity index (χ0) is 14.0. The Kier molecular flexibility index (Phi) is 3.91. The smallest absolute Gasteiger partial charge is 0.340 e. The number of carbonyl (C=O) groups excluding carboxylic acids is 1.